The van der Waals surface area contributed by atoms with E-state index in [0.29, 0.717) is 0 Å². The topological polar surface area (TPSA) is 98.9 Å². The third-order valence-corrected chi connectivity index (χ3v) is 1.43. The quantitative estimate of drug-likeness (QED) is 0.306. The largest absolute Gasteiger partial charge is 0.481 e. The van der Waals surface area contributed by atoms with Crippen LogP contribution in [0.1, 0.15) is 6.42 Å². The lowest BCUT2D eigenvalue weighted by molar-refractivity contribution is -0.145. The number of nitrogens with two attached hydrogens (primary N) is 1. The average Bonchev–Trinajstić information content (AvgIpc) is 2.11. The van der Waals surface area contributed by atoms with Crippen molar-refractivity contribution in [3.05, 3.63) is 0 Å². The van der Waals surface area contributed by atoms with Crippen molar-refractivity contribution in [2.75, 3.05) is 13.8 Å². The molecule has 0 bridgehead atoms. The van der Waals surface area contributed by atoms with Crippen LogP contribution in [0.15, 0.2) is 0 Å². The fraction of sp³-hybridized carbons (Fsp3) is 0.667. The summed E-state index contributed by atoms with van der Waals surface area (Å²) in [6.45, 7) is -0.0645. The number of aliphatic carboxylic acids is 1. The lowest BCUT2D eigenvalue weighted by atomic mass is 9.78. The molecule has 0 aromatic carbocycles. The number of carboxylic acid groups (broad SMARTS) is 1. The number of hydrogen-bond acceptors (Lipinski definition) is 5. The highest BCUT2D eigenvalue weighted by molar-refractivity contribution is 6.37. The normalized spacial score (nSPS) is 11.8. The predicted molar refractivity (Wildman–Crippen MR) is 45.3 cm³/mol. The van der Waals surface area contributed by atoms with Crippen LogP contribution in [0.3, 0.4) is 0 Å². The van der Waals surface area contributed by atoms with Gasteiger partial charge in [-0.25, -0.2) is 0 Å². The summed E-state index contributed by atoms with van der Waals surface area (Å²) in [5, 5.41) is 8.62. The zero-order valence-electron chi connectivity index (χ0n) is 7.36. The molecule has 13 heavy (non-hydrogen) atoms. The summed E-state index contributed by atoms with van der Waals surface area (Å²) in [6.07, 6.45) is -0.203. The van der Waals surface area contributed by atoms with E-state index in [0.717, 1.165) is 0 Å². The summed E-state index contributed by atoms with van der Waals surface area (Å²) in [6, 6.07) is 0. The second-order valence-corrected chi connectivity index (χ2v) is 2.35. The smallest absolute Gasteiger partial charge is 0.305 e. The first kappa shape index (κ1) is 11.9. The number of rotatable bonds is 6. The standard InChI is InChI=1S/C6H12BNO5/c1-12-5(9)2-4(6(10)11)7-13-3-8/h4,7H,2-3,8H2,1H3,(H,10,11). The van der Waals surface area contributed by atoms with Crippen LogP contribution in [-0.4, -0.2) is 38.4 Å². The van der Waals surface area contributed by atoms with Gasteiger partial charge < -0.3 is 20.2 Å². The van der Waals surface area contributed by atoms with Crippen LogP contribution in [0.4, 0.5) is 0 Å². The van der Waals surface area contributed by atoms with Gasteiger partial charge >= 0.3 is 11.9 Å². The Morgan fingerprint density at radius 2 is 2.23 bits per heavy atom. The molecule has 0 aromatic rings. The first-order valence-corrected chi connectivity index (χ1v) is 3.69. The second-order valence-electron chi connectivity index (χ2n) is 2.35. The summed E-state index contributed by atoms with van der Waals surface area (Å²) in [5.41, 5.74) is 5.01. The Balaban J connectivity index is 3.94. The minimum Gasteiger partial charge on any atom is -0.481 e. The highest BCUT2D eigenvalue weighted by Crippen LogP contribution is 2.10. The Kier molecular flexibility index (Phi) is 5.91. The summed E-state index contributed by atoms with van der Waals surface area (Å²) < 4.78 is 9.01. The van der Waals surface area contributed by atoms with Gasteiger partial charge in [0.05, 0.1) is 26.1 Å². The fourth-order valence-corrected chi connectivity index (χ4v) is 0.712. The third kappa shape index (κ3) is 5.21. The van der Waals surface area contributed by atoms with Gasteiger partial charge in [-0.3, -0.25) is 9.59 Å². The zero-order chi connectivity index (χ0) is 10.3. The van der Waals surface area contributed by atoms with Gasteiger partial charge in [-0.15, -0.1) is 0 Å². The molecule has 0 saturated heterocycles. The molecule has 0 saturated carbocycles. The van der Waals surface area contributed by atoms with E-state index in [1.807, 2.05) is 0 Å². The van der Waals surface area contributed by atoms with Crippen molar-refractivity contribution in [2.24, 2.45) is 5.73 Å². The van der Waals surface area contributed by atoms with Crippen molar-refractivity contribution in [1.29, 1.82) is 0 Å². The van der Waals surface area contributed by atoms with Crippen molar-refractivity contribution < 1.29 is 24.1 Å². The van der Waals surface area contributed by atoms with Gasteiger partial charge in [0.2, 0.25) is 0 Å². The Morgan fingerprint density at radius 3 is 2.62 bits per heavy atom. The van der Waals surface area contributed by atoms with Crippen molar-refractivity contribution in [3.63, 3.8) is 0 Å². The summed E-state index contributed by atoms with van der Waals surface area (Å²) >= 11 is 0. The summed E-state index contributed by atoms with van der Waals surface area (Å²) in [5.74, 6) is -2.57. The van der Waals surface area contributed by atoms with Gasteiger partial charge in [0.15, 0.2) is 0 Å². The maximum atomic E-state index is 10.7. The van der Waals surface area contributed by atoms with Gasteiger partial charge in [-0.1, -0.05) is 0 Å². The van der Waals surface area contributed by atoms with Crippen molar-refractivity contribution >= 4 is 19.4 Å². The van der Waals surface area contributed by atoms with Crippen LogP contribution in [0.2, 0.25) is 5.82 Å². The molecule has 0 spiro atoms. The van der Waals surface area contributed by atoms with Gasteiger partial charge in [0.25, 0.3) is 7.48 Å². The summed E-state index contributed by atoms with van der Waals surface area (Å²) in [7, 11) is 1.12. The highest BCUT2D eigenvalue weighted by Gasteiger charge is 2.23. The molecule has 74 valence electrons. The summed E-state index contributed by atoms with van der Waals surface area (Å²) in [4.78, 5) is 21.2. The SMILES string of the molecule is COC(=O)CC(BOCN)C(=O)O. The average molecular weight is 189 g/mol. The lowest BCUT2D eigenvalue weighted by Gasteiger charge is -2.08. The minimum atomic E-state index is -1.10. The number of methoxy groups -OCH3 is 1. The maximum Gasteiger partial charge on any atom is 0.305 e. The number of carbonyl (C=O) groups excluding carboxylic acids is 1. The van der Waals surface area contributed by atoms with Crippen LogP contribution >= 0.6 is 0 Å². The molecule has 0 aliphatic heterocycles. The molecule has 6 nitrogen and oxygen atoms in total. The molecule has 1 atom stereocenters. The maximum absolute atomic E-state index is 10.7. The molecule has 0 heterocycles. The van der Waals surface area contributed by atoms with Crippen LogP contribution in [0.25, 0.3) is 0 Å². The van der Waals surface area contributed by atoms with Crippen LogP contribution in [0.5, 0.6) is 0 Å². The first-order valence-electron chi connectivity index (χ1n) is 3.69. The lowest BCUT2D eigenvalue weighted by Crippen LogP contribution is -2.23. The monoisotopic (exact) mass is 189 g/mol. The molecule has 0 rings (SSSR count). The zero-order valence-corrected chi connectivity index (χ0v) is 7.36. The van der Waals surface area contributed by atoms with Gasteiger partial charge in [-0.05, 0) is 0 Å². The molecule has 1 unspecified atom stereocenters. The number of hydrogen-bond donors (Lipinski definition) is 2. The predicted octanol–water partition coefficient (Wildman–Crippen LogP) is -1.29. The third-order valence-electron chi connectivity index (χ3n) is 1.43. The van der Waals surface area contributed by atoms with Crippen LogP contribution in [0, 0.1) is 0 Å². The van der Waals surface area contributed by atoms with E-state index in [9.17, 15) is 9.59 Å². The molecule has 0 amide bonds. The molecular formula is C6H12BNO5. The molecule has 0 aliphatic rings. The van der Waals surface area contributed by atoms with E-state index in [1.165, 1.54) is 7.11 Å². The number of carbonyl (C=O) groups is 2. The highest BCUT2D eigenvalue weighted by atomic mass is 16.5. The van der Waals surface area contributed by atoms with E-state index in [2.05, 4.69) is 4.74 Å². The molecular weight excluding hydrogens is 177 g/mol. The Bertz CT molecular complexity index is 186. The van der Waals surface area contributed by atoms with E-state index in [1.54, 1.807) is 0 Å². The Morgan fingerprint density at radius 1 is 1.62 bits per heavy atom. The van der Waals surface area contributed by atoms with Gasteiger partial charge in [0, 0.05) is 0 Å². The minimum absolute atomic E-state index is 0.0645. The Labute approximate surface area is 76.3 Å². The first-order chi connectivity index (χ1) is 6.11. The van der Waals surface area contributed by atoms with E-state index >= 15 is 0 Å². The van der Waals surface area contributed by atoms with E-state index < -0.39 is 17.8 Å². The van der Waals surface area contributed by atoms with Crippen LogP contribution in [-0.2, 0) is 19.0 Å². The van der Waals surface area contributed by atoms with Crippen molar-refractivity contribution in [1.82, 2.24) is 0 Å². The molecule has 7 heteroatoms. The number of carboxylic acids is 1. The molecule has 0 aliphatic carbocycles. The van der Waals surface area contributed by atoms with Gasteiger partial charge in [0.1, 0.15) is 0 Å². The molecule has 0 radical (unpaired) electrons. The van der Waals surface area contributed by atoms with Gasteiger partial charge in [-0.2, -0.15) is 0 Å². The van der Waals surface area contributed by atoms with Crippen molar-refractivity contribution in [2.45, 2.75) is 12.2 Å². The number of esters is 1. The molecule has 0 fully saturated rings. The van der Waals surface area contributed by atoms with Crippen molar-refractivity contribution in [3.8, 4) is 0 Å². The Hall–Kier alpha value is -1.08. The van der Waals surface area contributed by atoms with E-state index in [4.69, 9.17) is 15.5 Å². The second kappa shape index (κ2) is 6.44. The van der Waals surface area contributed by atoms with E-state index in [-0.39, 0.29) is 20.6 Å². The molecule has 0 aromatic heterocycles. The fourth-order valence-electron chi connectivity index (χ4n) is 0.712. The number of ether oxygens (including phenoxy) is 1. The van der Waals surface area contributed by atoms with Crippen LogP contribution < -0.4 is 5.73 Å². The molecule has 3 N–H and O–H groups in total.